The van der Waals surface area contributed by atoms with Gasteiger partial charge in [0.05, 0.1) is 11.6 Å². The molecule has 2 fully saturated rings. The van der Waals surface area contributed by atoms with Gasteiger partial charge in [0, 0.05) is 39.3 Å². The number of likely N-dealkylation sites (tertiary alicyclic amines) is 1. The number of aryl methyl sites for hydroxylation is 1. The lowest BCUT2D eigenvalue weighted by Crippen LogP contribution is -2.52. The van der Waals surface area contributed by atoms with E-state index >= 15 is 0 Å². The van der Waals surface area contributed by atoms with Crippen LogP contribution in [0.1, 0.15) is 24.0 Å². The third-order valence-corrected chi connectivity index (χ3v) is 6.29. The Morgan fingerprint density at radius 3 is 2.48 bits per heavy atom. The molecular formula is C24H30FN3O. The fraction of sp³-hybridized carbons (Fsp3) is 0.458. The van der Waals surface area contributed by atoms with Crippen LogP contribution in [-0.2, 0) is 11.3 Å². The summed E-state index contributed by atoms with van der Waals surface area (Å²) in [6.07, 6.45) is 2.04. The maximum absolute atomic E-state index is 14.0. The Balaban J connectivity index is 1.33. The number of hydrogen-bond acceptors (Lipinski definition) is 3. The molecule has 0 N–H and O–H groups in total. The zero-order valence-corrected chi connectivity index (χ0v) is 17.2. The van der Waals surface area contributed by atoms with Gasteiger partial charge in [-0.2, -0.15) is 0 Å². The van der Waals surface area contributed by atoms with Crippen molar-refractivity contribution in [3.63, 3.8) is 0 Å². The highest BCUT2D eigenvalue weighted by Gasteiger charge is 2.31. The number of hydrogen-bond donors (Lipinski definition) is 0. The van der Waals surface area contributed by atoms with Gasteiger partial charge in [0.15, 0.2) is 0 Å². The molecule has 5 heteroatoms. The van der Waals surface area contributed by atoms with Gasteiger partial charge >= 0.3 is 0 Å². The Morgan fingerprint density at radius 1 is 1.00 bits per heavy atom. The van der Waals surface area contributed by atoms with Crippen molar-refractivity contribution < 1.29 is 9.18 Å². The van der Waals surface area contributed by atoms with Gasteiger partial charge < -0.3 is 9.80 Å². The molecule has 2 heterocycles. The number of benzene rings is 2. The van der Waals surface area contributed by atoms with Crippen LogP contribution in [0, 0.1) is 18.7 Å². The average Bonchev–Trinajstić information content (AvgIpc) is 2.76. The van der Waals surface area contributed by atoms with E-state index in [2.05, 4.69) is 36.1 Å². The third-order valence-electron chi connectivity index (χ3n) is 6.29. The second kappa shape index (κ2) is 8.95. The predicted octanol–water partition coefficient (Wildman–Crippen LogP) is 3.69. The Bertz CT molecular complexity index is 848. The van der Waals surface area contributed by atoms with E-state index in [-0.39, 0.29) is 17.6 Å². The minimum absolute atomic E-state index is 0.0766. The molecule has 2 aromatic rings. The van der Waals surface area contributed by atoms with Crippen molar-refractivity contribution in [3.8, 4) is 0 Å². The van der Waals surface area contributed by atoms with Crippen LogP contribution in [0.25, 0.3) is 0 Å². The van der Waals surface area contributed by atoms with E-state index in [1.165, 1.54) is 17.2 Å². The second-order valence-electron chi connectivity index (χ2n) is 8.26. The smallest absolute Gasteiger partial charge is 0.227 e. The lowest BCUT2D eigenvalue weighted by Gasteiger charge is -2.39. The Morgan fingerprint density at radius 2 is 1.72 bits per heavy atom. The molecule has 154 valence electrons. The highest BCUT2D eigenvalue weighted by atomic mass is 19.1. The molecule has 4 nitrogen and oxygen atoms in total. The van der Waals surface area contributed by atoms with Crippen molar-refractivity contribution in [2.45, 2.75) is 26.3 Å². The molecule has 1 atom stereocenters. The monoisotopic (exact) mass is 395 g/mol. The predicted molar refractivity (Wildman–Crippen MR) is 114 cm³/mol. The minimum atomic E-state index is -0.189. The first kappa shape index (κ1) is 19.9. The van der Waals surface area contributed by atoms with Gasteiger partial charge in [-0.1, -0.05) is 36.4 Å². The molecule has 1 amide bonds. The number of amides is 1. The number of piperidine rings is 1. The number of nitrogens with zero attached hydrogens (tertiary/aromatic N) is 3. The van der Waals surface area contributed by atoms with E-state index in [0.29, 0.717) is 31.9 Å². The molecule has 29 heavy (non-hydrogen) atoms. The van der Waals surface area contributed by atoms with Crippen LogP contribution in [0.2, 0.25) is 0 Å². The van der Waals surface area contributed by atoms with Gasteiger partial charge in [0.2, 0.25) is 5.91 Å². The zero-order valence-electron chi connectivity index (χ0n) is 17.2. The van der Waals surface area contributed by atoms with Crippen LogP contribution < -0.4 is 4.90 Å². The van der Waals surface area contributed by atoms with Crippen LogP contribution >= 0.6 is 0 Å². The molecular weight excluding hydrogens is 365 g/mol. The molecule has 2 aromatic carbocycles. The molecule has 2 aliphatic rings. The molecule has 2 saturated heterocycles. The van der Waals surface area contributed by atoms with Crippen LogP contribution in [0.4, 0.5) is 10.1 Å². The summed E-state index contributed by atoms with van der Waals surface area (Å²) < 4.78 is 14.0. The summed E-state index contributed by atoms with van der Waals surface area (Å²) in [7, 11) is 0. The Labute approximate surface area is 172 Å². The van der Waals surface area contributed by atoms with Crippen molar-refractivity contribution in [3.05, 3.63) is 65.5 Å². The van der Waals surface area contributed by atoms with Gasteiger partial charge in [-0.05, 0) is 49.6 Å². The zero-order chi connectivity index (χ0) is 20.2. The SMILES string of the molecule is Cc1ccccc1CN1CCCC(C(=O)N2CCN(c3ccccc3F)CC2)C1. The Kier molecular flexibility index (Phi) is 6.14. The van der Waals surface area contributed by atoms with Gasteiger partial charge in [0.25, 0.3) is 0 Å². The van der Waals surface area contributed by atoms with Crippen molar-refractivity contribution in [1.29, 1.82) is 0 Å². The van der Waals surface area contributed by atoms with E-state index in [1.54, 1.807) is 6.07 Å². The maximum atomic E-state index is 14.0. The number of piperazine rings is 1. The highest BCUT2D eigenvalue weighted by molar-refractivity contribution is 5.79. The first-order valence-electron chi connectivity index (χ1n) is 10.7. The first-order chi connectivity index (χ1) is 14.1. The van der Waals surface area contributed by atoms with Crippen molar-refractivity contribution in [2.24, 2.45) is 5.92 Å². The fourth-order valence-corrected chi connectivity index (χ4v) is 4.56. The Hall–Kier alpha value is -2.40. The molecule has 0 aliphatic carbocycles. The van der Waals surface area contributed by atoms with E-state index in [1.807, 2.05) is 21.9 Å². The number of carbonyl (C=O) groups is 1. The number of carbonyl (C=O) groups excluding carboxylic acids is 1. The highest BCUT2D eigenvalue weighted by Crippen LogP contribution is 2.24. The normalized spacial score (nSPS) is 20.7. The van der Waals surface area contributed by atoms with Gasteiger partial charge in [0.1, 0.15) is 5.82 Å². The molecule has 4 rings (SSSR count). The van der Waals surface area contributed by atoms with Crippen molar-refractivity contribution >= 4 is 11.6 Å². The largest absolute Gasteiger partial charge is 0.366 e. The van der Waals surface area contributed by atoms with Crippen LogP contribution in [0.5, 0.6) is 0 Å². The molecule has 0 spiro atoms. The number of rotatable bonds is 4. The maximum Gasteiger partial charge on any atom is 0.227 e. The lowest BCUT2D eigenvalue weighted by atomic mass is 9.95. The van der Waals surface area contributed by atoms with E-state index < -0.39 is 0 Å². The summed E-state index contributed by atoms with van der Waals surface area (Å²) >= 11 is 0. The third kappa shape index (κ3) is 4.61. The standard InChI is InChI=1S/C24H30FN3O/c1-19-7-2-3-8-20(19)17-26-12-6-9-21(18-26)24(29)28-15-13-27(14-16-28)23-11-5-4-10-22(23)25/h2-5,7-8,10-11,21H,6,9,12-18H2,1H3. The summed E-state index contributed by atoms with van der Waals surface area (Å²) in [5.41, 5.74) is 3.30. The molecule has 0 radical (unpaired) electrons. The van der Waals surface area contributed by atoms with E-state index in [0.717, 1.165) is 32.5 Å². The summed E-state index contributed by atoms with van der Waals surface area (Å²) in [6, 6.07) is 15.4. The van der Waals surface area contributed by atoms with Gasteiger partial charge in [-0.25, -0.2) is 4.39 Å². The topological polar surface area (TPSA) is 26.8 Å². The summed E-state index contributed by atoms with van der Waals surface area (Å²) in [4.78, 5) is 19.6. The van der Waals surface area contributed by atoms with Crippen molar-refractivity contribution in [1.82, 2.24) is 9.80 Å². The first-order valence-corrected chi connectivity index (χ1v) is 10.7. The quantitative estimate of drug-likeness (QED) is 0.790. The summed E-state index contributed by atoms with van der Waals surface area (Å²) in [5.74, 6) is 0.159. The van der Waals surface area contributed by atoms with Crippen molar-refractivity contribution in [2.75, 3.05) is 44.2 Å². The second-order valence-corrected chi connectivity index (χ2v) is 8.26. The van der Waals surface area contributed by atoms with Crippen LogP contribution in [0.15, 0.2) is 48.5 Å². The van der Waals surface area contributed by atoms with E-state index in [4.69, 9.17) is 0 Å². The molecule has 1 unspecified atom stereocenters. The van der Waals surface area contributed by atoms with Gasteiger partial charge in [-0.3, -0.25) is 9.69 Å². The molecule has 2 aliphatic heterocycles. The number of anilines is 1. The number of halogens is 1. The summed E-state index contributed by atoms with van der Waals surface area (Å²) in [6.45, 7) is 7.66. The molecule has 0 bridgehead atoms. The van der Waals surface area contributed by atoms with Gasteiger partial charge in [-0.15, -0.1) is 0 Å². The number of para-hydroxylation sites is 1. The molecule has 0 saturated carbocycles. The van der Waals surface area contributed by atoms with Crippen LogP contribution in [-0.4, -0.2) is 55.0 Å². The van der Waals surface area contributed by atoms with E-state index in [9.17, 15) is 9.18 Å². The molecule has 0 aromatic heterocycles. The minimum Gasteiger partial charge on any atom is -0.366 e. The summed E-state index contributed by atoms with van der Waals surface area (Å²) in [5, 5.41) is 0. The fourth-order valence-electron chi connectivity index (χ4n) is 4.56. The van der Waals surface area contributed by atoms with Crippen LogP contribution in [0.3, 0.4) is 0 Å². The average molecular weight is 396 g/mol. The lowest BCUT2D eigenvalue weighted by molar-refractivity contribution is -0.137.